The second kappa shape index (κ2) is 9.83. The van der Waals surface area contributed by atoms with E-state index < -0.39 is 0 Å². The van der Waals surface area contributed by atoms with E-state index in [0.29, 0.717) is 19.8 Å². The lowest BCUT2D eigenvalue weighted by molar-refractivity contribution is -0.133. The van der Waals surface area contributed by atoms with Crippen molar-refractivity contribution >= 4 is 17.5 Å². The Labute approximate surface area is 194 Å². The largest absolute Gasteiger partial charge is 0.486 e. The Morgan fingerprint density at radius 1 is 0.909 bits per heavy atom. The molecule has 174 valence electrons. The highest BCUT2D eigenvalue weighted by atomic mass is 16.6. The van der Waals surface area contributed by atoms with Crippen molar-refractivity contribution in [1.29, 1.82) is 0 Å². The van der Waals surface area contributed by atoms with Crippen molar-refractivity contribution in [1.82, 2.24) is 9.80 Å². The van der Waals surface area contributed by atoms with Gasteiger partial charge in [0.25, 0.3) is 0 Å². The van der Waals surface area contributed by atoms with Gasteiger partial charge in [0, 0.05) is 18.2 Å². The number of carbonyl (C=O) groups excluding carboxylic acids is 2. The molecule has 33 heavy (non-hydrogen) atoms. The minimum Gasteiger partial charge on any atom is -0.486 e. The molecule has 5 rings (SSSR count). The van der Waals surface area contributed by atoms with E-state index in [-0.39, 0.29) is 23.8 Å². The van der Waals surface area contributed by atoms with Crippen LogP contribution in [0.2, 0.25) is 0 Å². The number of hydrogen-bond donors (Lipinski definition) is 1. The van der Waals surface area contributed by atoms with Crippen molar-refractivity contribution in [3.8, 4) is 11.5 Å². The van der Waals surface area contributed by atoms with Crippen LogP contribution in [-0.2, 0) is 9.59 Å². The second-order valence-electron chi connectivity index (χ2n) is 9.05. The Hall–Kier alpha value is -3.06. The number of anilines is 1. The highest BCUT2D eigenvalue weighted by Gasteiger charge is 2.33. The number of carbonyl (C=O) groups is 2. The zero-order valence-corrected chi connectivity index (χ0v) is 18.9. The average molecular weight is 450 g/mol. The first-order valence-electron chi connectivity index (χ1n) is 11.9. The number of rotatable bonds is 5. The minimum absolute atomic E-state index is 0.00573. The summed E-state index contributed by atoms with van der Waals surface area (Å²) >= 11 is 0. The maximum absolute atomic E-state index is 13.2. The third-order valence-electron chi connectivity index (χ3n) is 6.88. The Morgan fingerprint density at radius 2 is 1.67 bits per heavy atom. The second-order valence-corrected chi connectivity index (χ2v) is 9.05. The Kier molecular flexibility index (Phi) is 6.48. The number of benzene rings is 2. The van der Waals surface area contributed by atoms with E-state index in [1.165, 1.54) is 0 Å². The fourth-order valence-electron chi connectivity index (χ4n) is 5.08. The molecule has 0 radical (unpaired) electrons. The molecule has 3 aliphatic heterocycles. The summed E-state index contributed by atoms with van der Waals surface area (Å²) in [5.41, 5.74) is 1.95. The van der Waals surface area contributed by atoms with Gasteiger partial charge in [0.15, 0.2) is 11.5 Å². The van der Waals surface area contributed by atoms with Crippen molar-refractivity contribution in [2.75, 3.05) is 44.7 Å². The van der Waals surface area contributed by atoms with Crippen LogP contribution in [0.3, 0.4) is 0 Å². The summed E-state index contributed by atoms with van der Waals surface area (Å²) in [6, 6.07) is 15.7. The lowest BCUT2D eigenvalue weighted by Crippen LogP contribution is -2.44. The molecule has 1 N–H and O–H groups in total. The molecule has 2 aromatic carbocycles. The third-order valence-corrected chi connectivity index (χ3v) is 6.88. The summed E-state index contributed by atoms with van der Waals surface area (Å²) < 4.78 is 11.4. The van der Waals surface area contributed by atoms with Gasteiger partial charge in [-0.15, -0.1) is 0 Å². The van der Waals surface area contributed by atoms with Gasteiger partial charge in [0.05, 0.1) is 12.6 Å². The van der Waals surface area contributed by atoms with Gasteiger partial charge in [-0.05, 0) is 68.6 Å². The number of fused-ring (bicyclic) bond motifs is 1. The molecule has 7 heteroatoms. The Balaban J connectivity index is 1.14. The van der Waals surface area contributed by atoms with Crippen LogP contribution in [0.1, 0.15) is 37.3 Å². The van der Waals surface area contributed by atoms with Crippen LogP contribution in [0.5, 0.6) is 11.5 Å². The molecule has 0 aromatic heterocycles. The SMILES string of the molecule is O=C(Nc1ccccc1)C1CCN(CC(=O)N2CCC[C@H]2c2ccc3c(c2)OCCO3)CC1. The van der Waals surface area contributed by atoms with Crippen molar-refractivity contribution in [2.45, 2.75) is 31.7 Å². The predicted octanol–water partition coefficient (Wildman–Crippen LogP) is 3.47. The molecular formula is C26H31N3O4. The maximum Gasteiger partial charge on any atom is 0.237 e. The van der Waals surface area contributed by atoms with E-state index in [9.17, 15) is 9.59 Å². The number of likely N-dealkylation sites (tertiary alicyclic amines) is 2. The topological polar surface area (TPSA) is 71.1 Å². The summed E-state index contributed by atoms with van der Waals surface area (Å²) in [5.74, 6) is 1.78. The summed E-state index contributed by atoms with van der Waals surface area (Å²) in [6.07, 6.45) is 3.52. The molecule has 2 amide bonds. The van der Waals surface area contributed by atoms with E-state index in [0.717, 1.165) is 68.1 Å². The third kappa shape index (κ3) is 4.98. The molecule has 3 heterocycles. The highest BCUT2D eigenvalue weighted by Crippen LogP contribution is 2.38. The van der Waals surface area contributed by atoms with Gasteiger partial charge in [0.1, 0.15) is 13.2 Å². The van der Waals surface area contributed by atoms with E-state index in [4.69, 9.17) is 9.47 Å². The number of hydrogen-bond acceptors (Lipinski definition) is 5. The van der Waals surface area contributed by atoms with Crippen molar-refractivity contribution in [2.24, 2.45) is 5.92 Å². The number of nitrogens with one attached hydrogen (secondary N) is 1. The zero-order valence-electron chi connectivity index (χ0n) is 18.9. The minimum atomic E-state index is -0.00573. The van der Waals surface area contributed by atoms with Crippen molar-refractivity contribution in [3.05, 3.63) is 54.1 Å². The first-order valence-corrected chi connectivity index (χ1v) is 11.9. The highest BCUT2D eigenvalue weighted by molar-refractivity contribution is 5.92. The van der Waals surface area contributed by atoms with Crippen LogP contribution in [0.4, 0.5) is 5.69 Å². The fourth-order valence-corrected chi connectivity index (χ4v) is 5.08. The van der Waals surface area contributed by atoms with Gasteiger partial charge in [-0.1, -0.05) is 24.3 Å². The van der Waals surface area contributed by atoms with Crippen LogP contribution in [0, 0.1) is 5.92 Å². The van der Waals surface area contributed by atoms with Crippen LogP contribution in [-0.4, -0.2) is 61.0 Å². The van der Waals surface area contributed by atoms with Gasteiger partial charge >= 0.3 is 0 Å². The lowest BCUT2D eigenvalue weighted by atomic mass is 9.95. The number of nitrogens with zero attached hydrogens (tertiary/aromatic N) is 2. The Bertz CT molecular complexity index is 988. The number of piperidine rings is 1. The van der Waals surface area contributed by atoms with Gasteiger partial charge in [-0.25, -0.2) is 0 Å². The number of para-hydroxylation sites is 1. The van der Waals surface area contributed by atoms with Crippen molar-refractivity contribution < 1.29 is 19.1 Å². The first kappa shape index (κ1) is 21.8. The molecule has 0 aliphatic carbocycles. The number of amides is 2. The molecular weight excluding hydrogens is 418 g/mol. The predicted molar refractivity (Wildman–Crippen MR) is 125 cm³/mol. The fraction of sp³-hybridized carbons (Fsp3) is 0.462. The standard InChI is InChI=1S/C26H31N3O4/c30-25(18-28-13-10-19(11-14-28)26(31)27-21-5-2-1-3-6-21)29-12-4-7-22(29)20-8-9-23-24(17-20)33-16-15-32-23/h1-3,5-6,8-9,17,19,22H,4,7,10-16,18H2,(H,27,31)/t22-/m0/s1. The van der Waals surface area contributed by atoms with E-state index in [1.54, 1.807) is 0 Å². The maximum atomic E-state index is 13.2. The van der Waals surface area contributed by atoms with E-state index >= 15 is 0 Å². The number of ether oxygens (including phenoxy) is 2. The van der Waals surface area contributed by atoms with E-state index in [1.807, 2.05) is 47.4 Å². The van der Waals surface area contributed by atoms with Crippen LogP contribution >= 0.6 is 0 Å². The summed E-state index contributed by atoms with van der Waals surface area (Å²) in [7, 11) is 0. The summed E-state index contributed by atoms with van der Waals surface area (Å²) in [4.78, 5) is 30.0. The zero-order chi connectivity index (χ0) is 22.6. The molecule has 0 saturated carbocycles. The normalized spacial score (nSPS) is 21.1. The summed E-state index contributed by atoms with van der Waals surface area (Å²) in [5, 5.41) is 3.01. The smallest absolute Gasteiger partial charge is 0.237 e. The molecule has 2 fully saturated rings. The average Bonchev–Trinajstić information content (AvgIpc) is 3.35. The molecule has 2 aromatic rings. The van der Waals surface area contributed by atoms with Gasteiger partial charge in [-0.2, -0.15) is 0 Å². The van der Waals surface area contributed by atoms with Crippen LogP contribution < -0.4 is 14.8 Å². The lowest BCUT2D eigenvalue weighted by Gasteiger charge is -2.33. The molecule has 0 spiro atoms. The Morgan fingerprint density at radius 3 is 2.45 bits per heavy atom. The molecule has 2 saturated heterocycles. The van der Waals surface area contributed by atoms with Gasteiger partial charge in [-0.3, -0.25) is 14.5 Å². The van der Waals surface area contributed by atoms with Crippen LogP contribution in [0.15, 0.2) is 48.5 Å². The van der Waals surface area contributed by atoms with Crippen LogP contribution in [0.25, 0.3) is 0 Å². The van der Waals surface area contributed by atoms with Gasteiger partial charge < -0.3 is 19.7 Å². The molecule has 0 bridgehead atoms. The molecule has 3 aliphatic rings. The van der Waals surface area contributed by atoms with Gasteiger partial charge in [0.2, 0.25) is 11.8 Å². The molecule has 0 unspecified atom stereocenters. The molecule has 7 nitrogen and oxygen atoms in total. The van der Waals surface area contributed by atoms with Crippen molar-refractivity contribution in [3.63, 3.8) is 0 Å². The first-order chi connectivity index (χ1) is 16.2. The quantitative estimate of drug-likeness (QED) is 0.757. The van der Waals surface area contributed by atoms with E-state index in [2.05, 4.69) is 16.3 Å². The molecule has 1 atom stereocenters. The monoisotopic (exact) mass is 449 g/mol. The summed E-state index contributed by atoms with van der Waals surface area (Å²) in [6.45, 7) is 3.86.